The Labute approximate surface area is 151 Å². The Morgan fingerprint density at radius 1 is 1.19 bits per heavy atom. The maximum absolute atomic E-state index is 12.8. The molecule has 0 unspecified atom stereocenters. The van der Waals surface area contributed by atoms with Crippen LogP contribution in [0.4, 0.5) is 5.69 Å². The van der Waals surface area contributed by atoms with Crippen LogP contribution in [0.3, 0.4) is 0 Å². The number of anilines is 1. The molecule has 4 rings (SSSR count). The number of carboxylic acid groups (broad SMARTS) is 1. The van der Waals surface area contributed by atoms with E-state index in [0.717, 1.165) is 6.42 Å². The number of oxazole rings is 1. The first-order valence-corrected chi connectivity index (χ1v) is 8.87. The summed E-state index contributed by atoms with van der Waals surface area (Å²) in [4.78, 5) is 28.9. The van der Waals surface area contributed by atoms with Gasteiger partial charge in [-0.25, -0.2) is 4.98 Å². The molecule has 4 atom stereocenters. The highest BCUT2D eigenvalue weighted by Crippen LogP contribution is 2.48. The van der Waals surface area contributed by atoms with E-state index in [0.29, 0.717) is 22.7 Å². The Bertz CT molecular complexity index is 922. The lowest BCUT2D eigenvalue weighted by atomic mass is 9.82. The van der Waals surface area contributed by atoms with E-state index < -0.39 is 17.8 Å². The van der Waals surface area contributed by atoms with Gasteiger partial charge in [0.25, 0.3) is 0 Å². The zero-order chi connectivity index (χ0) is 18.6. The molecule has 6 heteroatoms. The molecule has 0 spiro atoms. The number of hydrogen-bond acceptors (Lipinski definition) is 4. The number of amides is 1. The molecule has 136 valence electrons. The van der Waals surface area contributed by atoms with Crippen molar-refractivity contribution >= 4 is 28.7 Å². The predicted molar refractivity (Wildman–Crippen MR) is 96.7 cm³/mol. The predicted octanol–water partition coefficient (Wildman–Crippen LogP) is 3.59. The fourth-order valence-electron chi connectivity index (χ4n) is 4.07. The third-order valence-electron chi connectivity index (χ3n) is 5.34. The van der Waals surface area contributed by atoms with Crippen LogP contribution in [0.5, 0.6) is 0 Å². The molecule has 2 aliphatic carbocycles. The average molecular weight is 354 g/mol. The summed E-state index contributed by atoms with van der Waals surface area (Å²) in [6, 6.07) is 5.31. The lowest BCUT2D eigenvalue weighted by Gasteiger charge is -2.23. The number of benzene rings is 1. The zero-order valence-corrected chi connectivity index (χ0v) is 15.0. The molecule has 1 aromatic carbocycles. The molecule has 2 bridgehead atoms. The smallest absolute Gasteiger partial charge is 0.307 e. The van der Waals surface area contributed by atoms with Crippen LogP contribution in [-0.4, -0.2) is 22.0 Å². The topological polar surface area (TPSA) is 92.4 Å². The number of nitrogens with one attached hydrogen (secondary N) is 1. The third-order valence-corrected chi connectivity index (χ3v) is 5.34. The summed E-state index contributed by atoms with van der Waals surface area (Å²) in [5, 5.41) is 12.4. The summed E-state index contributed by atoms with van der Waals surface area (Å²) in [7, 11) is 0. The van der Waals surface area contributed by atoms with Crippen molar-refractivity contribution in [2.24, 2.45) is 23.7 Å². The lowest BCUT2D eigenvalue weighted by Crippen LogP contribution is -2.36. The summed E-state index contributed by atoms with van der Waals surface area (Å²) in [5.41, 5.74) is 1.74. The number of carbonyl (C=O) groups is 2. The highest BCUT2D eigenvalue weighted by molar-refractivity contribution is 5.97. The van der Waals surface area contributed by atoms with Crippen LogP contribution in [0, 0.1) is 23.7 Å². The van der Waals surface area contributed by atoms with Gasteiger partial charge >= 0.3 is 5.97 Å². The molecule has 0 saturated heterocycles. The van der Waals surface area contributed by atoms with Crippen molar-refractivity contribution in [1.82, 2.24) is 4.98 Å². The molecule has 26 heavy (non-hydrogen) atoms. The van der Waals surface area contributed by atoms with E-state index in [2.05, 4.69) is 10.3 Å². The summed E-state index contributed by atoms with van der Waals surface area (Å²) in [5.74, 6) is -1.71. The van der Waals surface area contributed by atoms with Crippen molar-refractivity contribution in [3.8, 4) is 0 Å². The van der Waals surface area contributed by atoms with Crippen molar-refractivity contribution in [2.75, 3.05) is 5.32 Å². The minimum atomic E-state index is -0.899. The molecular weight excluding hydrogens is 332 g/mol. The fraction of sp³-hybridized carbons (Fsp3) is 0.450. The van der Waals surface area contributed by atoms with Crippen LogP contribution in [0.15, 0.2) is 34.8 Å². The van der Waals surface area contributed by atoms with Gasteiger partial charge in [0.1, 0.15) is 5.52 Å². The monoisotopic (exact) mass is 354 g/mol. The molecule has 0 radical (unpaired) electrons. The highest BCUT2D eigenvalue weighted by Gasteiger charge is 2.51. The molecule has 6 nitrogen and oxygen atoms in total. The molecule has 1 saturated carbocycles. The van der Waals surface area contributed by atoms with Gasteiger partial charge < -0.3 is 14.8 Å². The van der Waals surface area contributed by atoms with E-state index in [1.165, 1.54) is 0 Å². The normalized spacial score (nSPS) is 27.2. The second kappa shape index (κ2) is 5.69. The molecule has 0 aliphatic heterocycles. The summed E-state index contributed by atoms with van der Waals surface area (Å²) < 4.78 is 5.77. The number of rotatable bonds is 3. The van der Waals surface area contributed by atoms with Crippen LogP contribution in [0.1, 0.15) is 33.1 Å². The van der Waals surface area contributed by atoms with E-state index in [1.54, 1.807) is 18.2 Å². The number of hydrogen-bond donors (Lipinski definition) is 2. The van der Waals surface area contributed by atoms with Gasteiger partial charge in [0.15, 0.2) is 5.58 Å². The van der Waals surface area contributed by atoms with Crippen molar-refractivity contribution in [2.45, 2.75) is 32.6 Å². The van der Waals surface area contributed by atoms with Crippen LogP contribution in [0.25, 0.3) is 11.1 Å². The minimum absolute atomic E-state index is 0.00405. The quantitative estimate of drug-likeness (QED) is 0.822. The van der Waals surface area contributed by atoms with Gasteiger partial charge in [0.2, 0.25) is 11.8 Å². The van der Waals surface area contributed by atoms with Gasteiger partial charge in [0.05, 0.1) is 11.8 Å². The second-order valence-corrected chi connectivity index (χ2v) is 8.28. The van der Waals surface area contributed by atoms with Gasteiger partial charge in [-0.2, -0.15) is 0 Å². The molecule has 2 N–H and O–H groups in total. The number of carbonyl (C=O) groups excluding carboxylic acids is 1. The zero-order valence-electron chi connectivity index (χ0n) is 15.0. The fourth-order valence-corrected chi connectivity index (χ4v) is 4.07. The number of aliphatic carboxylic acids is 1. The molecule has 2 aromatic rings. The summed E-state index contributed by atoms with van der Waals surface area (Å²) in [6.07, 6.45) is 4.65. The number of aromatic nitrogens is 1. The summed E-state index contributed by atoms with van der Waals surface area (Å²) in [6.45, 7) is 6.07. The first-order valence-electron chi connectivity index (χ1n) is 8.87. The summed E-state index contributed by atoms with van der Waals surface area (Å²) >= 11 is 0. The van der Waals surface area contributed by atoms with Gasteiger partial charge in [-0.3, -0.25) is 9.59 Å². The van der Waals surface area contributed by atoms with Gasteiger partial charge in [-0.15, -0.1) is 0 Å². The molecule has 2 aliphatic rings. The Kier molecular flexibility index (Phi) is 3.68. The minimum Gasteiger partial charge on any atom is -0.481 e. The van der Waals surface area contributed by atoms with Crippen molar-refractivity contribution in [3.63, 3.8) is 0 Å². The molecule has 1 amide bonds. The number of allylic oxidation sites excluding steroid dienone is 2. The average Bonchev–Trinajstić information content (AvgIpc) is 3.26. The molecule has 1 fully saturated rings. The van der Waals surface area contributed by atoms with Crippen LogP contribution >= 0.6 is 0 Å². The van der Waals surface area contributed by atoms with Crippen molar-refractivity contribution in [1.29, 1.82) is 0 Å². The van der Waals surface area contributed by atoms with E-state index in [4.69, 9.17) is 4.42 Å². The lowest BCUT2D eigenvalue weighted by molar-refractivity contribution is -0.146. The van der Waals surface area contributed by atoms with Crippen molar-refractivity contribution < 1.29 is 19.1 Å². The van der Waals surface area contributed by atoms with E-state index in [1.807, 2.05) is 32.9 Å². The Morgan fingerprint density at radius 2 is 1.88 bits per heavy atom. The SMILES string of the molecule is CC(C)(C)c1nc2cc(NC(=O)[C@H]3[C@@H](C(=O)O)[C@H]4C=C[C@H]3C4)ccc2o1. The Morgan fingerprint density at radius 3 is 2.54 bits per heavy atom. The van der Waals surface area contributed by atoms with Crippen LogP contribution < -0.4 is 5.32 Å². The highest BCUT2D eigenvalue weighted by atomic mass is 16.4. The van der Waals surface area contributed by atoms with Crippen LogP contribution in [-0.2, 0) is 15.0 Å². The van der Waals surface area contributed by atoms with Gasteiger partial charge in [-0.05, 0) is 36.5 Å². The first kappa shape index (κ1) is 16.8. The Balaban J connectivity index is 1.58. The second-order valence-electron chi connectivity index (χ2n) is 8.28. The van der Waals surface area contributed by atoms with Crippen molar-refractivity contribution in [3.05, 3.63) is 36.2 Å². The van der Waals surface area contributed by atoms with Gasteiger partial charge in [0, 0.05) is 11.1 Å². The molecule has 1 heterocycles. The number of carboxylic acids is 1. The first-order chi connectivity index (χ1) is 12.2. The largest absolute Gasteiger partial charge is 0.481 e. The van der Waals surface area contributed by atoms with E-state index >= 15 is 0 Å². The van der Waals surface area contributed by atoms with E-state index in [9.17, 15) is 14.7 Å². The van der Waals surface area contributed by atoms with Crippen LogP contribution in [0.2, 0.25) is 0 Å². The maximum atomic E-state index is 12.8. The molecular formula is C20H22N2O4. The molecule has 1 aromatic heterocycles. The van der Waals surface area contributed by atoms with Gasteiger partial charge in [-0.1, -0.05) is 32.9 Å². The maximum Gasteiger partial charge on any atom is 0.307 e. The standard InChI is InChI=1S/C20H22N2O4/c1-20(2,3)19-22-13-9-12(6-7-14(13)26-19)21-17(23)15-10-4-5-11(8-10)16(15)18(24)25/h4-7,9-11,15-16H,8H2,1-3H3,(H,21,23)(H,24,25)/t10-,11-,15+,16-/m0/s1. The Hall–Kier alpha value is -2.63. The number of fused-ring (bicyclic) bond motifs is 3. The number of nitrogens with zero attached hydrogens (tertiary/aromatic N) is 1. The third kappa shape index (κ3) is 2.69. The van der Waals surface area contributed by atoms with E-state index in [-0.39, 0.29) is 23.2 Å².